The summed E-state index contributed by atoms with van der Waals surface area (Å²) in [7, 11) is 0. The fraction of sp³-hybridized carbons (Fsp3) is 0.286. The second-order valence-corrected chi connectivity index (χ2v) is 4.04. The third kappa shape index (κ3) is 2.65. The van der Waals surface area contributed by atoms with Crippen LogP contribution in [0.1, 0.15) is 12.6 Å². The maximum absolute atomic E-state index is 11.5. The highest BCUT2D eigenvalue weighted by Crippen LogP contribution is 2.17. The zero-order valence-corrected chi connectivity index (χ0v) is 10.3. The van der Waals surface area contributed by atoms with Crippen molar-refractivity contribution in [2.24, 2.45) is 5.73 Å². The van der Waals surface area contributed by atoms with Crippen LogP contribution in [0.3, 0.4) is 0 Å². The minimum Gasteiger partial charge on any atom is -0.465 e. The van der Waals surface area contributed by atoms with Crippen molar-refractivity contribution < 1.29 is 9.53 Å². The van der Waals surface area contributed by atoms with E-state index in [9.17, 15) is 4.79 Å². The number of nitrogens with two attached hydrogens (primary N) is 1. The summed E-state index contributed by atoms with van der Waals surface area (Å²) >= 11 is 0. The quantitative estimate of drug-likeness (QED) is 0.831. The van der Waals surface area contributed by atoms with Gasteiger partial charge in [-0.15, -0.1) is 0 Å². The summed E-state index contributed by atoms with van der Waals surface area (Å²) < 4.78 is 4.90. The Balaban J connectivity index is 2.24. The first-order chi connectivity index (χ1) is 8.72. The molecule has 2 aromatic rings. The lowest BCUT2D eigenvalue weighted by Gasteiger charge is -2.11. The van der Waals surface area contributed by atoms with Crippen LogP contribution in [0, 0.1) is 0 Å². The van der Waals surface area contributed by atoms with E-state index >= 15 is 0 Å². The lowest BCUT2D eigenvalue weighted by Crippen LogP contribution is -2.34. The van der Waals surface area contributed by atoms with Gasteiger partial charge in [0.15, 0.2) is 0 Å². The first-order valence-electron chi connectivity index (χ1n) is 5.97. The number of hydrogen-bond donors (Lipinski definition) is 1. The van der Waals surface area contributed by atoms with Crippen molar-refractivity contribution >= 4 is 16.7 Å². The lowest BCUT2D eigenvalue weighted by atomic mass is 10.0. The highest BCUT2D eigenvalue weighted by Gasteiger charge is 2.16. The van der Waals surface area contributed by atoms with E-state index in [-0.39, 0.29) is 5.97 Å². The Bertz CT molecular complexity index is 549. The summed E-state index contributed by atoms with van der Waals surface area (Å²) in [6.45, 7) is 2.11. The van der Waals surface area contributed by atoms with Gasteiger partial charge in [-0.3, -0.25) is 9.78 Å². The molecule has 1 heterocycles. The highest BCUT2D eigenvalue weighted by molar-refractivity contribution is 5.85. The normalized spacial score (nSPS) is 12.3. The van der Waals surface area contributed by atoms with Crippen molar-refractivity contribution in [2.75, 3.05) is 6.61 Å². The van der Waals surface area contributed by atoms with E-state index in [0.717, 1.165) is 16.5 Å². The Hall–Kier alpha value is -1.94. The number of rotatable bonds is 4. The van der Waals surface area contributed by atoms with Gasteiger partial charge in [0.1, 0.15) is 6.04 Å². The Morgan fingerprint density at radius 2 is 2.17 bits per heavy atom. The smallest absolute Gasteiger partial charge is 0.323 e. The third-order valence-corrected chi connectivity index (χ3v) is 2.76. The molecule has 2 N–H and O–H groups in total. The van der Waals surface area contributed by atoms with Gasteiger partial charge in [-0.05, 0) is 18.4 Å². The molecule has 0 radical (unpaired) electrons. The van der Waals surface area contributed by atoms with Crippen LogP contribution in [0.15, 0.2) is 36.5 Å². The van der Waals surface area contributed by atoms with E-state index in [0.29, 0.717) is 13.0 Å². The second-order valence-electron chi connectivity index (χ2n) is 4.04. The standard InChI is InChI=1S/C14H16N2O2/c1-2-18-14(17)12(15)9-13-11-6-4-3-5-10(11)7-8-16-13/h3-8,12H,2,9,15H2,1H3/t12-/m1/s1. The van der Waals surface area contributed by atoms with Crippen LogP contribution in [0.2, 0.25) is 0 Å². The number of aromatic nitrogens is 1. The van der Waals surface area contributed by atoms with E-state index in [1.165, 1.54) is 0 Å². The largest absolute Gasteiger partial charge is 0.465 e. The molecule has 4 heteroatoms. The summed E-state index contributed by atoms with van der Waals surface area (Å²) in [4.78, 5) is 15.8. The Labute approximate surface area is 106 Å². The summed E-state index contributed by atoms with van der Waals surface area (Å²) in [5.74, 6) is -0.382. The molecule has 94 valence electrons. The van der Waals surface area contributed by atoms with Crippen LogP contribution < -0.4 is 5.73 Å². The fourth-order valence-electron chi connectivity index (χ4n) is 1.89. The molecule has 1 aromatic heterocycles. The maximum Gasteiger partial charge on any atom is 0.323 e. The molecule has 4 nitrogen and oxygen atoms in total. The van der Waals surface area contributed by atoms with Gasteiger partial charge in [0.05, 0.1) is 12.3 Å². The van der Waals surface area contributed by atoms with Gasteiger partial charge in [-0.2, -0.15) is 0 Å². The number of carbonyl (C=O) groups is 1. The SMILES string of the molecule is CCOC(=O)[C@H](N)Cc1nccc2ccccc12. The number of fused-ring (bicyclic) bond motifs is 1. The topological polar surface area (TPSA) is 65.2 Å². The van der Waals surface area contributed by atoms with Crippen LogP contribution in [0.25, 0.3) is 10.8 Å². The van der Waals surface area contributed by atoms with E-state index in [2.05, 4.69) is 4.98 Å². The first-order valence-corrected chi connectivity index (χ1v) is 5.97. The average molecular weight is 244 g/mol. The lowest BCUT2D eigenvalue weighted by molar-refractivity contribution is -0.144. The molecule has 1 atom stereocenters. The molecular formula is C14H16N2O2. The summed E-state index contributed by atoms with van der Waals surface area (Å²) in [6, 6.07) is 9.19. The Morgan fingerprint density at radius 1 is 1.39 bits per heavy atom. The van der Waals surface area contributed by atoms with Crippen LogP contribution >= 0.6 is 0 Å². The average Bonchev–Trinajstić information content (AvgIpc) is 2.39. The number of ether oxygens (including phenoxy) is 1. The zero-order chi connectivity index (χ0) is 13.0. The van der Waals surface area contributed by atoms with E-state index < -0.39 is 6.04 Å². The van der Waals surface area contributed by atoms with Crippen molar-refractivity contribution in [2.45, 2.75) is 19.4 Å². The van der Waals surface area contributed by atoms with Crippen molar-refractivity contribution in [3.05, 3.63) is 42.2 Å². The monoisotopic (exact) mass is 244 g/mol. The van der Waals surface area contributed by atoms with E-state index in [4.69, 9.17) is 10.5 Å². The van der Waals surface area contributed by atoms with Gasteiger partial charge in [0.2, 0.25) is 0 Å². The zero-order valence-electron chi connectivity index (χ0n) is 10.3. The number of carbonyl (C=O) groups excluding carboxylic acids is 1. The molecule has 0 aliphatic heterocycles. The molecule has 1 aromatic carbocycles. The van der Waals surface area contributed by atoms with Crippen LogP contribution in [-0.4, -0.2) is 23.6 Å². The van der Waals surface area contributed by atoms with Crippen LogP contribution in [0.5, 0.6) is 0 Å². The highest BCUT2D eigenvalue weighted by atomic mass is 16.5. The van der Waals surface area contributed by atoms with Crippen molar-refractivity contribution in [3.63, 3.8) is 0 Å². The molecule has 0 bridgehead atoms. The van der Waals surface area contributed by atoms with Crippen LogP contribution in [0.4, 0.5) is 0 Å². The molecule has 2 rings (SSSR count). The fourth-order valence-corrected chi connectivity index (χ4v) is 1.89. The minimum atomic E-state index is -0.664. The number of esters is 1. The minimum absolute atomic E-state index is 0.343. The molecular weight excluding hydrogens is 228 g/mol. The first kappa shape index (κ1) is 12.5. The number of nitrogens with zero attached hydrogens (tertiary/aromatic N) is 1. The predicted octanol–water partition coefficient (Wildman–Crippen LogP) is 1.67. The predicted molar refractivity (Wildman–Crippen MR) is 70.1 cm³/mol. The van der Waals surface area contributed by atoms with Gasteiger partial charge in [0, 0.05) is 18.0 Å². The van der Waals surface area contributed by atoms with E-state index in [1.54, 1.807) is 13.1 Å². The number of hydrogen-bond acceptors (Lipinski definition) is 4. The van der Waals surface area contributed by atoms with E-state index in [1.807, 2.05) is 30.3 Å². The summed E-state index contributed by atoms with van der Waals surface area (Å²) in [5, 5.41) is 2.12. The third-order valence-electron chi connectivity index (χ3n) is 2.76. The van der Waals surface area contributed by atoms with Gasteiger partial charge in [0.25, 0.3) is 0 Å². The van der Waals surface area contributed by atoms with Crippen LogP contribution in [-0.2, 0) is 16.0 Å². The molecule has 0 aliphatic rings. The van der Waals surface area contributed by atoms with Gasteiger partial charge in [-0.25, -0.2) is 0 Å². The summed E-state index contributed by atoms with van der Waals surface area (Å²) in [5.41, 5.74) is 6.64. The number of pyridine rings is 1. The van der Waals surface area contributed by atoms with Crippen molar-refractivity contribution in [1.82, 2.24) is 4.98 Å². The van der Waals surface area contributed by atoms with Gasteiger partial charge in [-0.1, -0.05) is 24.3 Å². The maximum atomic E-state index is 11.5. The molecule has 0 fully saturated rings. The molecule has 0 aliphatic carbocycles. The number of benzene rings is 1. The second kappa shape index (κ2) is 5.60. The molecule has 0 saturated heterocycles. The molecule has 0 spiro atoms. The molecule has 0 unspecified atom stereocenters. The summed E-state index contributed by atoms with van der Waals surface area (Å²) in [6.07, 6.45) is 2.12. The Morgan fingerprint density at radius 3 is 2.94 bits per heavy atom. The van der Waals surface area contributed by atoms with Crippen molar-refractivity contribution in [3.8, 4) is 0 Å². The molecule has 0 amide bonds. The van der Waals surface area contributed by atoms with Crippen molar-refractivity contribution in [1.29, 1.82) is 0 Å². The van der Waals surface area contributed by atoms with Gasteiger partial charge >= 0.3 is 5.97 Å². The molecule has 18 heavy (non-hydrogen) atoms. The van der Waals surface area contributed by atoms with Gasteiger partial charge < -0.3 is 10.5 Å². The Kier molecular flexibility index (Phi) is 3.89. The molecule has 0 saturated carbocycles.